The average molecular weight is 227 g/mol. The van der Waals surface area contributed by atoms with Gasteiger partial charge in [-0.25, -0.2) is 0 Å². The van der Waals surface area contributed by atoms with E-state index in [4.69, 9.17) is 5.73 Å². The second kappa shape index (κ2) is 6.74. The van der Waals surface area contributed by atoms with Crippen LogP contribution in [0.25, 0.3) is 6.08 Å². The Labute approximate surface area is 104 Å². The molecule has 0 radical (unpaired) electrons. The number of aryl methyl sites for hydroxylation is 1. The highest BCUT2D eigenvalue weighted by atomic mass is 14.6. The van der Waals surface area contributed by atoms with Gasteiger partial charge in [-0.15, -0.1) is 0 Å². The van der Waals surface area contributed by atoms with Gasteiger partial charge in [-0.3, -0.25) is 0 Å². The lowest BCUT2D eigenvalue weighted by atomic mass is 10.1. The van der Waals surface area contributed by atoms with Gasteiger partial charge in [-0.2, -0.15) is 0 Å². The van der Waals surface area contributed by atoms with Gasteiger partial charge in [0, 0.05) is 5.70 Å². The summed E-state index contributed by atoms with van der Waals surface area (Å²) in [6.45, 7) is 7.86. The van der Waals surface area contributed by atoms with Crippen molar-refractivity contribution >= 4 is 6.08 Å². The SMILES string of the molecule is C=Cc1ccc(C)cc1.CC1=CC=C(N)CC1. The van der Waals surface area contributed by atoms with Crippen molar-refractivity contribution in [3.05, 3.63) is 65.4 Å². The van der Waals surface area contributed by atoms with Gasteiger partial charge >= 0.3 is 0 Å². The summed E-state index contributed by atoms with van der Waals surface area (Å²) in [5.74, 6) is 0. The lowest BCUT2D eigenvalue weighted by molar-refractivity contribution is 0.893. The van der Waals surface area contributed by atoms with E-state index in [9.17, 15) is 0 Å². The average Bonchev–Trinajstić information content (AvgIpc) is 2.35. The Morgan fingerprint density at radius 1 is 1.06 bits per heavy atom. The predicted octanol–water partition coefficient (Wildman–Crippen LogP) is 4.21. The van der Waals surface area contributed by atoms with Crippen LogP contribution in [-0.4, -0.2) is 0 Å². The summed E-state index contributed by atoms with van der Waals surface area (Å²) >= 11 is 0. The molecule has 0 spiro atoms. The first-order valence-electron chi connectivity index (χ1n) is 5.92. The Kier molecular flexibility index (Phi) is 5.28. The van der Waals surface area contributed by atoms with E-state index in [1.807, 2.05) is 12.2 Å². The third-order valence-electron chi connectivity index (χ3n) is 2.70. The molecule has 1 aliphatic rings. The normalized spacial score (nSPS) is 14.0. The summed E-state index contributed by atoms with van der Waals surface area (Å²) in [5.41, 5.74) is 10.4. The first-order valence-corrected chi connectivity index (χ1v) is 5.92. The van der Waals surface area contributed by atoms with Crippen LogP contribution in [0.3, 0.4) is 0 Å². The fourth-order valence-corrected chi connectivity index (χ4v) is 1.46. The molecule has 0 aliphatic heterocycles. The number of hydrogen-bond acceptors (Lipinski definition) is 1. The maximum atomic E-state index is 5.51. The fourth-order valence-electron chi connectivity index (χ4n) is 1.46. The summed E-state index contributed by atoms with van der Waals surface area (Å²) in [7, 11) is 0. The lowest BCUT2D eigenvalue weighted by Gasteiger charge is -2.05. The van der Waals surface area contributed by atoms with E-state index in [1.54, 1.807) is 0 Å². The van der Waals surface area contributed by atoms with Gasteiger partial charge < -0.3 is 5.73 Å². The maximum absolute atomic E-state index is 5.51. The molecule has 0 unspecified atom stereocenters. The summed E-state index contributed by atoms with van der Waals surface area (Å²) in [6.07, 6.45) is 8.10. The second-order valence-electron chi connectivity index (χ2n) is 4.37. The van der Waals surface area contributed by atoms with Crippen LogP contribution < -0.4 is 5.73 Å². The summed E-state index contributed by atoms with van der Waals surface area (Å²) in [5, 5.41) is 0. The molecule has 1 aromatic carbocycles. The van der Waals surface area contributed by atoms with Gasteiger partial charge in [-0.05, 0) is 38.3 Å². The van der Waals surface area contributed by atoms with Crippen molar-refractivity contribution in [2.45, 2.75) is 26.7 Å². The molecule has 90 valence electrons. The third kappa shape index (κ3) is 5.21. The van der Waals surface area contributed by atoms with Gasteiger partial charge in [-0.1, -0.05) is 54.1 Å². The summed E-state index contributed by atoms with van der Waals surface area (Å²) in [4.78, 5) is 0. The minimum Gasteiger partial charge on any atom is -0.402 e. The zero-order valence-corrected chi connectivity index (χ0v) is 10.7. The van der Waals surface area contributed by atoms with Gasteiger partial charge in [0.2, 0.25) is 0 Å². The highest BCUT2D eigenvalue weighted by Gasteiger charge is 1.96. The Morgan fingerprint density at radius 3 is 2.12 bits per heavy atom. The molecule has 1 aliphatic carbocycles. The number of allylic oxidation sites excluding steroid dienone is 4. The van der Waals surface area contributed by atoms with Crippen LogP contribution in [0.4, 0.5) is 0 Å². The molecule has 2 N–H and O–H groups in total. The van der Waals surface area contributed by atoms with Crippen molar-refractivity contribution < 1.29 is 0 Å². The van der Waals surface area contributed by atoms with Crippen LogP contribution in [-0.2, 0) is 0 Å². The quantitative estimate of drug-likeness (QED) is 0.764. The van der Waals surface area contributed by atoms with E-state index in [-0.39, 0.29) is 0 Å². The van der Waals surface area contributed by atoms with Crippen molar-refractivity contribution in [1.82, 2.24) is 0 Å². The van der Waals surface area contributed by atoms with Crippen LogP contribution in [0.5, 0.6) is 0 Å². The van der Waals surface area contributed by atoms with Crippen LogP contribution in [0.2, 0.25) is 0 Å². The zero-order chi connectivity index (χ0) is 12.7. The van der Waals surface area contributed by atoms with Crippen molar-refractivity contribution in [1.29, 1.82) is 0 Å². The zero-order valence-electron chi connectivity index (χ0n) is 10.7. The molecule has 1 nitrogen and oxygen atoms in total. The van der Waals surface area contributed by atoms with Crippen LogP contribution in [0.15, 0.2) is 54.3 Å². The minimum atomic E-state index is 1.01. The molecule has 2 rings (SSSR count). The number of benzene rings is 1. The van der Waals surface area contributed by atoms with Gasteiger partial charge in [0.1, 0.15) is 0 Å². The monoisotopic (exact) mass is 227 g/mol. The second-order valence-corrected chi connectivity index (χ2v) is 4.37. The molecule has 1 heteroatoms. The van der Waals surface area contributed by atoms with Gasteiger partial charge in [0.05, 0.1) is 0 Å². The van der Waals surface area contributed by atoms with Crippen molar-refractivity contribution in [2.75, 3.05) is 0 Å². The minimum absolute atomic E-state index is 1.01. The van der Waals surface area contributed by atoms with Crippen LogP contribution in [0, 0.1) is 6.92 Å². The largest absolute Gasteiger partial charge is 0.402 e. The Hall–Kier alpha value is -1.76. The maximum Gasteiger partial charge on any atom is 0.00836 e. The van der Waals surface area contributed by atoms with Crippen molar-refractivity contribution in [3.63, 3.8) is 0 Å². The topological polar surface area (TPSA) is 26.0 Å². The van der Waals surface area contributed by atoms with Crippen molar-refractivity contribution in [2.24, 2.45) is 5.73 Å². The first kappa shape index (κ1) is 13.3. The third-order valence-corrected chi connectivity index (χ3v) is 2.70. The van der Waals surface area contributed by atoms with E-state index in [1.165, 1.54) is 16.7 Å². The van der Waals surface area contributed by atoms with Gasteiger partial charge in [0.15, 0.2) is 0 Å². The molecule has 1 aromatic rings. The standard InChI is InChI=1S/C9H10.C7H11N/c1-3-9-6-4-8(2)5-7-9;1-6-2-4-7(8)5-3-6/h3-7H,1H2,2H3;2,4H,3,5,8H2,1H3. The Bertz CT molecular complexity index is 403. The molecule has 17 heavy (non-hydrogen) atoms. The fraction of sp³-hybridized carbons (Fsp3) is 0.250. The Morgan fingerprint density at radius 2 is 1.71 bits per heavy atom. The lowest BCUT2D eigenvalue weighted by Crippen LogP contribution is -1.99. The highest BCUT2D eigenvalue weighted by Crippen LogP contribution is 2.12. The smallest absolute Gasteiger partial charge is 0.00836 e. The molecule has 0 bridgehead atoms. The van der Waals surface area contributed by atoms with Gasteiger partial charge in [0.25, 0.3) is 0 Å². The van der Waals surface area contributed by atoms with E-state index in [0.717, 1.165) is 18.5 Å². The van der Waals surface area contributed by atoms with E-state index >= 15 is 0 Å². The molecule has 0 heterocycles. The first-order chi connectivity index (χ1) is 8.11. The summed E-state index contributed by atoms with van der Waals surface area (Å²) < 4.78 is 0. The number of hydrogen-bond donors (Lipinski definition) is 1. The van der Waals surface area contributed by atoms with E-state index in [0.29, 0.717) is 0 Å². The molecular weight excluding hydrogens is 206 g/mol. The number of nitrogens with two attached hydrogens (primary N) is 1. The van der Waals surface area contributed by atoms with Crippen LogP contribution >= 0.6 is 0 Å². The number of rotatable bonds is 1. The molecule has 0 atom stereocenters. The van der Waals surface area contributed by atoms with Crippen LogP contribution in [0.1, 0.15) is 30.9 Å². The molecule has 0 saturated heterocycles. The Balaban J connectivity index is 0.000000171. The van der Waals surface area contributed by atoms with Crippen molar-refractivity contribution in [3.8, 4) is 0 Å². The molecule has 0 fully saturated rings. The molecular formula is C16H21N. The van der Waals surface area contributed by atoms with E-state index in [2.05, 4.69) is 50.8 Å². The summed E-state index contributed by atoms with van der Waals surface area (Å²) in [6, 6.07) is 8.28. The molecule has 0 aromatic heterocycles. The van der Waals surface area contributed by atoms with E-state index < -0.39 is 0 Å². The highest BCUT2D eigenvalue weighted by molar-refractivity contribution is 5.46. The molecule has 0 saturated carbocycles. The molecule has 0 amide bonds. The predicted molar refractivity (Wildman–Crippen MR) is 76.5 cm³/mol.